The lowest BCUT2D eigenvalue weighted by Gasteiger charge is -2.15. The van der Waals surface area contributed by atoms with Crippen LogP contribution in [-0.2, 0) is 24.2 Å². The number of carbonyl (C=O) groups is 2. The molecule has 0 heterocycles. The summed E-state index contributed by atoms with van der Waals surface area (Å²) in [7, 11) is -3.61. The number of hydrogen-bond donors (Lipinski definition) is 1. The number of sulfone groups is 1. The van der Waals surface area contributed by atoms with E-state index in [0.29, 0.717) is 5.56 Å². The van der Waals surface area contributed by atoms with Crippen LogP contribution in [0.1, 0.15) is 23.7 Å². The molecule has 0 spiro atoms. The number of amides is 1. The Hall–Kier alpha value is -2.67. The van der Waals surface area contributed by atoms with Gasteiger partial charge in [-0.1, -0.05) is 48.0 Å². The van der Waals surface area contributed by atoms with Crippen LogP contribution in [0.2, 0.25) is 0 Å². The molecule has 6 nitrogen and oxygen atoms in total. The minimum absolute atomic E-state index is 0.139. The molecule has 1 amide bonds. The fourth-order valence-electron chi connectivity index (χ4n) is 2.19. The Morgan fingerprint density at radius 2 is 1.64 bits per heavy atom. The van der Waals surface area contributed by atoms with Crippen molar-refractivity contribution in [3.05, 3.63) is 65.7 Å². The topological polar surface area (TPSA) is 104 Å². The van der Waals surface area contributed by atoms with Crippen molar-refractivity contribution in [1.82, 2.24) is 0 Å². The van der Waals surface area contributed by atoms with E-state index in [9.17, 15) is 18.0 Å². The molecule has 0 aliphatic carbocycles. The molecule has 0 saturated heterocycles. The Bertz CT molecular complexity index is 845. The maximum atomic E-state index is 12.2. The lowest BCUT2D eigenvalue weighted by molar-refractivity contribution is -0.155. The molecule has 0 aliphatic rings. The van der Waals surface area contributed by atoms with Crippen LogP contribution in [0.3, 0.4) is 0 Å². The summed E-state index contributed by atoms with van der Waals surface area (Å²) in [5, 5.41) is 0. The molecule has 2 N–H and O–H groups in total. The van der Waals surface area contributed by atoms with Gasteiger partial charge in [-0.05, 0) is 19.1 Å². The fourth-order valence-corrected chi connectivity index (χ4v) is 3.41. The first kappa shape index (κ1) is 18.7. The summed E-state index contributed by atoms with van der Waals surface area (Å²) in [5.41, 5.74) is 6.64. The van der Waals surface area contributed by atoms with Crippen LogP contribution in [0, 0.1) is 6.92 Å². The lowest BCUT2D eigenvalue weighted by atomic mass is 10.1. The third kappa shape index (κ3) is 5.15. The normalized spacial score (nSPS) is 12.4. The van der Waals surface area contributed by atoms with Gasteiger partial charge in [0.2, 0.25) is 6.10 Å². The van der Waals surface area contributed by atoms with E-state index in [1.165, 1.54) is 12.1 Å². The second-order valence-electron chi connectivity index (χ2n) is 5.56. The maximum Gasteiger partial charge on any atom is 0.307 e. The Kier molecular flexibility index (Phi) is 5.93. The molecule has 0 aromatic heterocycles. The third-order valence-electron chi connectivity index (χ3n) is 3.57. The van der Waals surface area contributed by atoms with Crippen molar-refractivity contribution in [2.24, 2.45) is 5.73 Å². The fraction of sp³-hybridized carbons (Fsp3) is 0.222. The number of rotatable bonds is 7. The van der Waals surface area contributed by atoms with Gasteiger partial charge in [0.25, 0.3) is 5.91 Å². The van der Waals surface area contributed by atoms with Crippen LogP contribution in [-0.4, -0.2) is 26.0 Å². The number of hydrogen-bond acceptors (Lipinski definition) is 5. The Morgan fingerprint density at radius 3 is 2.20 bits per heavy atom. The van der Waals surface area contributed by atoms with Crippen molar-refractivity contribution in [3.8, 4) is 0 Å². The Balaban J connectivity index is 2.01. The number of esters is 1. The van der Waals surface area contributed by atoms with Crippen molar-refractivity contribution in [3.63, 3.8) is 0 Å². The van der Waals surface area contributed by atoms with E-state index >= 15 is 0 Å². The van der Waals surface area contributed by atoms with Gasteiger partial charge in [0.1, 0.15) is 0 Å². The minimum atomic E-state index is -3.61. The van der Waals surface area contributed by atoms with E-state index in [1.54, 1.807) is 42.5 Å². The molecule has 0 saturated carbocycles. The summed E-state index contributed by atoms with van der Waals surface area (Å²) in [6.45, 7) is 1.85. The molecule has 0 aliphatic heterocycles. The second-order valence-corrected chi connectivity index (χ2v) is 7.67. The predicted octanol–water partition coefficient (Wildman–Crippen LogP) is 1.93. The molecule has 2 aromatic carbocycles. The number of aryl methyl sites for hydroxylation is 1. The van der Waals surface area contributed by atoms with Gasteiger partial charge in [-0.25, -0.2) is 8.42 Å². The van der Waals surface area contributed by atoms with E-state index in [2.05, 4.69) is 0 Å². The molecule has 0 bridgehead atoms. The largest absolute Gasteiger partial charge is 0.447 e. The SMILES string of the molecule is Cc1ccc(S(=O)(=O)CCC(=O)OC(C(N)=O)c2ccccc2)cc1. The van der Waals surface area contributed by atoms with Crippen molar-refractivity contribution in [2.45, 2.75) is 24.3 Å². The lowest BCUT2D eigenvalue weighted by Crippen LogP contribution is -2.27. The van der Waals surface area contributed by atoms with Gasteiger partial charge < -0.3 is 10.5 Å². The van der Waals surface area contributed by atoms with Gasteiger partial charge in [0.15, 0.2) is 9.84 Å². The number of ether oxygens (including phenoxy) is 1. The van der Waals surface area contributed by atoms with Gasteiger partial charge >= 0.3 is 5.97 Å². The summed E-state index contributed by atoms with van der Waals surface area (Å²) in [5.74, 6) is -2.03. The highest BCUT2D eigenvalue weighted by molar-refractivity contribution is 7.91. The number of nitrogens with two attached hydrogens (primary N) is 1. The van der Waals surface area contributed by atoms with Crippen LogP contribution in [0.5, 0.6) is 0 Å². The molecule has 2 aromatic rings. The molecule has 132 valence electrons. The van der Waals surface area contributed by atoms with E-state index in [1.807, 2.05) is 6.92 Å². The molecule has 1 unspecified atom stereocenters. The average Bonchev–Trinajstić information content (AvgIpc) is 2.59. The molecule has 2 rings (SSSR count). The van der Waals surface area contributed by atoms with Crippen molar-refractivity contribution in [1.29, 1.82) is 0 Å². The number of carbonyl (C=O) groups excluding carboxylic acids is 2. The minimum Gasteiger partial charge on any atom is -0.447 e. The van der Waals surface area contributed by atoms with Crippen molar-refractivity contribution >= 4 is 21.7 Å². The first-order valence-electron chi connectivity index (χ1n) is 7.63. The van der Waals surface area contributed by atoms with Crippen LogP contribution in [0.25, 0.3) is 0 Å². The monoisotopic (exact) mass is 361 g/mol. The molecule has 0 fully saturated rings. The van der Waals surface area contributed by atoms with Crippen molar-refractivity contribution < 1.29 is 22.7 Å². The van der Waals surface area contributed by atoms with Crippen LogP contribution < -0.4 is 5.73 Å². The summed E-state index contributed by atoms with van der Waals surface area (Å²) >= 11 is 0. The zero-order valence-corrected chi connectivity index (χ0v) is 14.5. The molecular formula is C18H19NO5S. The zero-order valence-electron chi connectivity index (χ0n) is 13.7. The summed E-state index contributed by atoms with van der Waals surface area (Å²) in [6, 6.07) is 14.7. The summed E-state index contributed by atoms with van der Waals surface area (Å²) < 4.78 is 29.5. The number of primary amides is 1. The highest BCUT2D eigenvalue weighted by Crippen LogP contribution is 2.18. The third-order valence-corrected chi connectivity index (χ3v) is 5.30. The predicted molar refractivity (Wildman–Crippen MR) is 92.3 cm³/mol. The summed E-state index contributed by atoms with van der Waals surface area (Å²) in [4.78, 5) is 23.6. The van der Waals surface area contributed by atoms with E-state index in [0.717, 1.165) is 5.56 Å². The standard InChI is InChI=1S/C18H19NO5S/c1-13-7-9-15(10-8-13)25(22,23)12-11-16(20)24-17(18(19)21)14-5-3-2-4-6-14/h2-10,17H,11-12H2,1H3,(H2,19,21). The summed E-state index contributed by atoms with van der Waals surface area (Å²) in [6.07, 6.45) is -1.61. The Morgan fingerprint density at radius 1 is 1.04 bits per heavy atom. The van der Waals surface area contributed by atoms with Gasteiger partial charge in [0, 0.05) is 5.56 Å². The highest BCUT2D eigenvalue weighted by Gasteiger charge is 2.24. The van der Waals surface area contributed by atoms with Crippen molar-refractivity contribution in [2.75, 3.05) is 5.75 Å². The van der Waals surface area contributed by atoms with Gasteiger partial charge in [-0.15, -0.1) is 0 Å². The van der Waals surface area contributed by atoms with Gasteiger partial charge in [-0.2, -0.15) is 0 Å². The maximum absolute atomic E-state index is 12.2. The van der Waals surface area contributed by atoms with E-state index < -0.39 is 33.6 Å². The second kappa shape index (κ2) is 7.94. The zero-order chi connectivity index (χ0) is 18.4. The van der Waals surface area contributed by atoms with Gasteiger partial charge in [0.05, 0.1) is 17.1 Å². The first-order valence-corrected chi connectivity index (χ1v) is 9.28. The van der Waals surface area contributed by atoms with Gasteiger partial charge in [-0.3, -0.25) is 9.59 Å². The highest BCUT2D eigenvalue weighted by atomic mass is 32.2. The number of benzene rings is 2. The smallest absolute Gasteiger partial charge is 0.307 e. The quantitative estimate of drug-likeness (QED) is 0.759. The molecule has 0 radical (unpaired) electrons. The Labute approximate surface area is 146 Å². The van der Waals surface area contributed by atoms with E-state index in [4.69, 9.17) is 10.5 Å². The molecular weight excluding hydrogens is 342 g/mol. The average molecular weight is 361 g/mol. The molecule has 7 heteroatoms. The van der Waals surface area contributed by atoms with Crippen LogP contribution >= 0.6 is 0 Å². The van der Waals surface area contributed by atoms with Crippen LogP contribution in [0.4, 0.5) is 0 Å². The van der Waals surface area contributed by atoms with Crippen LogP contribution in [0.15, 0.2) is 59.5 Å². The molecule has 1 atom stereocenters. The van der Waals surface area contributed by atoms with E-state index in [-0.39, 0.29) is 11.3 Å². The first-order chi connectivity index (χ1) is 11.8. The molecule has 25 heavy (non-hydrogen) atoms.